The van der Waals surface area contributed by atoms with Crippen molar-refractivity contribution in [2.45, 2.75) is 77.8 Å². The van der Waals surface area contributed by atoms with E-state index < -0.39 is 0 Å². The molecular weight excluding hydrogens is 206 g/mol. The van der Waals surface area contributed by atoms with Gasteiger partial charge in [0.25, 0.3) is 0 Å². The molecule has 0 saturated heterocycles. The summed E-state index contributed by atoms with van der Waals surface area (Å²) in [6.07, 6.45) is 10.3. The first kappa shape index (κ1) is 12.0. The predicted octanol–water partition coefficient (Wildman–Crippen LogP) is 3.98. The first-order valence-electron chi connectivity index (χ1n) is 7.78. The summed E-state index contributed by atoms with van der Waals surface area (Å²) in [6, 6.07) is 1.68. The Bertz CT molecular complexity index is 283. The molecule has 0 aromatic carbocycles. The maximum Gasteiger partial charge on any atom is 0.0101 e. The molecule has 3 saturated carbocycles. The van der Waals surface area contributed by atoms with Gasteiger partial charge in [-0.2, -0.15) is 0 Å². The molecule has 0 aromatic heterocycles. The molecule has 3 rings (SSSR count). The van der Waals surface area contributed by atoms with Gasteiger partial charge in [-0.15, -0.1) is 0 Å². The van der Waals surface area contributed by atoms with Gasteiger partial charge in [0, 0.05) is 12.1 Å². The molecule has 3 fully saturated rings. The van der Waals surface area contributed by atoms with Crippen molar-refractivity contribution in [2.24, 2.45) is 23.2 Å². The van der Waals surface area contributed by atoms with Gasteiger partial charge in [-0.3, -0.25) is 0 Å². The normalized spacial score (nSPS) is 48.5. The lowest BCUT2D eigenvalue weighted by Crippen LogP contribution is -2.46. The SMILES string of the molecule is CC1CC(NC2CC3CCC2C3)CC(C)(C)C1. The highest BCUT2D eigenvalue weighted by molar-refractivity contribution is 4.97. The molecule has 3 aliphatic rings. The second-order valence-electron chi connectivity index (χ2n) is 8.06. The summed E-state index contributed by atoms with van der Waals surface area (Å²) in [4.78, 5) is 0. The molecule has 0 amide bonds. The van der Waals surface area contributed by atoms with E-state index in [1.54, 1.807) is 0 Å². The Labute approximate surface area is 107 Å². The van der Waals surface area contributed by atoms with Crippen LogP contribution in [0.4, 0.5) is 0 Å². The minimum atomic E-state index is 0.562. The Balaban J connectivity index is 1.58. The van der Waals surface area contributed by atoms with Crippen molar-refractivity contribution in [3.05, 3.63) is 0 Å². The van der Waals surface area contributed by atoms with Crippen LogP contribution in [0.1, 0.15) is 65.7 Å². The molecule has 0 aromatic rings. The monoisotopic (exact) mass is 235 g/mol. The lowest BCUT2D eigenvalue weighted by atomic mass is 9.70. The average molecular weight is 235 g/mol. The van der Waals surface area contributed by atoms with Gasteiger partial charge in [0.15, 0.2) is 0 Å². The fourth-order valence-electron chi connectivity index (χ4n) is 5.22. The Morgan fingerprint density at radius 1 is 1.00 bits per heavy atom. The van der Waals surface area contributed by atoms with Crippen LogP contribution < -0.4 is 5.32 Å². The summed E-state index contributed by atoms with van der Waals surface area (Å²) in [5.41, 5.74) is 0.562. The van der Waals surface area contributed by atoms with Crippen LogP contribution in [0.2, 0.25) is 0 Å². The summed E-state index contributed by atoms with van der Waals surface area (Å²) in [6.45, 7) is 7.35. The fraction of sp³-hybridized carbons (Fsp3) is 1.00. The molecule has 98 valence electrons. The molecule has 1 nitrogen and oxygen atoms in total. The van der Waals surface area contributed by atoms with Gasteiger partial charge >= 0.3 is 0 Å². The van der Waals surface area contributed by atoms with E-state index in [-0.39, 0.29) is 0 Å². The minimum absolute atomic E-state index is 0.562. The van der Waals surface area contributed by atoms with Crippen LogP contribution in [0, 0.1) is 23.2 Å². The standard InChI is InChI=1S/C16H29N/c1-11-6-14(10-16(2,3)9-11)17-15-8-12-4-5-13(15)7-12/h11-15,17H,4-10H2,1-3H3. The first-order valence-corrected chi connectivity index (χ1v) is 7.78. The van der Waals surface area contributed by atoms with Crippen molar-refractivity contribution in [3.63, 3.8) is 0 Å². The quantitative estimate of drug-likeness (QED) is 0.763. The third kappa shape index (κ3) is 2.54. The molecule has 17 heavy (non-hydrogen) atoms. The molecule has 0 spiro atoms. The van der Waals surface area contributed by atoms with E-state index in [0.29, 0.717) is 5.41 Å². The summed E-state index contributed by atoms with van der Waals surface area (Å²) >= 11 is 0. The van der Waals surface area contributed by atoms with E-state index in [2.05, 4.69) is 26.1 Å². The van der Waals surface area contributed by atoms with Crippen LogP contribution in [-0.4, -0.2) is 12.1 Å². The van der Waals surface area contributed by atoms with Gasteiger partial charge in [0.1, 0.15) is 0 Å². The zero-order valence-corrected chi connectivity index (χ0v) is 11.8. The molecular formula is C16H29N. The maximum atomic E-state index is 4.04. The van der Waals surface area contributed by atoms with Gasteiger partial charge < -0.3 is 5.32 Å². The smallest absolute Gasteiger partial charge is 0.0101 e. The molecule has 2 bridgehead atoms. The Kier molecular flexibility index (Phi) is 3.01. The molecule has 1 heteroatoms. The van der Waals surface area contributed by atoms with Crippen molar-refractivity contribution in [1.82, 2.24) is 5.32 Å². The molecule has 1 N–H and O–H groups in total. The predicted molar refractivity (Wildman–Crippen MR) is 73.0 cm³/mol. The third-order valence-corrected chi connectivity index (χ3v) is 5.57. The second-order valence-corrected chi connectivity index (χ2v) is 8.06. The van der Waals surface area contributed by atoms with E-state index in [9.17, 15) is 0 Å². The van der Waals surface area contributed by atoms with Crippen LogP contribution in [-0.2, 0) is 0 Å². The summed E-state index contributed by atoms with van der Waals surface area (Å²) in [7, 11) is 0. The maximum absolute atomic E-state index is 4.04. The van der Waals surface area contributed by atoms with E-state index in [1.165, 1.54) is 44.9 Å². The third-order valence-electron chi connectivity index (χ3n) is 5.57. The van der Waals surface area contributed by atoms with E-state index >= 15 is 0 Å². The summed E-state index contributed by atoms with van der Waals surface area (Å²) < 4.78 is 0. The van der Waals surface area contributed by atoms with Gasteiger partial charge in [-0.05, 0) is 61.7 Å². The molecule has 3 aliphatic carbocycles. The van der Waals surface area contributed by atoms with Crippen LogP contribution in [0.25, 0.3) is 0 Å². The zero-order valence-electron chi connectivity index (χ0n) is 11.8. The number of rotatable bonds is 2. The Morgan fingerprint density at radius 2 is 1.82 bits per heavy atom. The van der Waals surface area contributed by atoms with Gasteiger partial charge in [0.05, 0.1) is 0 Å². The average Bonchev–Trinajstić information content (AvgIpc) is 2.74. The number of fused-ring (bicyclic) bond motifs is 2. The van der Waals surface area contributed by atoms with Crippen molar-refractivity contribution in [3.8, 4) is 0 Å². The number of hydrogen-bond acceptors (Lipinski definition) is 1. The van der Waals surface area contributed by atoms with Gasteiger partial charge in [0.2, 0.25) is 0 Å². The van der Waals surface area contributed by atoms with Crippen molar-refractivity contribution in [2.75, 3.05) is 0 Å². The Morgan fingerprint density at radius 3 is 2.41 bits per heavy atom. The highest BCUT2D eigenvalue weighted by Gasteiger charge is 2.41. The topological polar surface area (TPSA) is 12.0 Å². The lowest BCUT2D eigenvalue weighted by molar-refractivity contribution is 0.136. The van der Waals surface area contributed by atoms with E-state index in [1.807, 2.05) is 0 Å². The molecule has 0 aliphatic heterocycles. The molecule has 5 unspecified atom stereocenters. The highest BCUT2D eigenvalue weighted by atomic mass is 15.0. The van der Waals surface area contributed by atoms with E-state index in [4.69, 9.17) is 0 Å². The minimum Gasteiger partial charge on any atom is -0.311 e. The first-order chi connectivity index (χ1) is 8.02. The van der Waals surface area contributed by atoms with E-state index in [0.717, 1.165) is 29.8 Å². The van der Waals surface area contributed by atoms with Gasteiger partial charge in [-0.1, -0.05) is 27.2 Å². The largest absolute Gasteiger partial charge is 0.311 e. The molecule has 0 radical (unpaired) electrons. The van der Waals surface area contributed by atoms with Crippen LogP contribution in [0.15, 0.2) is 0 Å². The van der Waals surface area contributed by atoms with Crippen LogP contribution in [0.5, 0.6) is 0 Å². The second kappa shape index (κ2) is 4.26. The van der Waals surface area contributed by atoms with Crippen molar-refractivity contribution < 1.29 is 0 Å². The lowest BCUT2D eigenvalue weighted by Gasteiger charge is -2.41. The van der Waals surface area contributed by atoms with Gasteiger partial charge in [-0.25, -0.2) is 0 Å². The van der Waals surface area contributed by atoms with Crippen molar-refractivity contribution >= 4 is 0 Å². The zero-order chi connectivity index (χ0) is 12.0. The number of hydrogen-bond donors (Lipinski definition) is 1. The molecule has 0 heterocycles. The number of nitrogens with one attached hydrogen (secondary N) is 1. The van der Waals surface area contributed by atoms with Crippen LogP contribution >= 0.6 is 0 Å². The van der Waals surface area contributed by atoms with Crippen LogP contribution in [0.3, 0.4) is 0 Å². The molecule has 5 atom stereocenters. The fourth-order valence-corrected chi connectivity index (χ4v) is 5.22. The van der Waals surface area contributed by atoms with Crippen molar-refractivity contribution in [1.29, 1.82) is 0 Å². The Hall–Kier alpha value is -0.0400. The summed E-state index contributed by atoms with van der Waals surface area (Å²) in [5.74, 6) is 3.02. The highest BCUT2D eigenvalue weighted by Crippen LogP contribution is 2.46. The summed E-state index contributed by atoms with van der Waals surface area (Å²) in [5, 5.41) is 4.04.